The lowest BCUT2D eigenvalue weighted by molar-refractivity contribution is 0.696. The van der Waals surface area contributed by atoms with Crippen LogP contribution in [0.3, 0.4) is 0 Å². The highest BCUT2D eigenvalue weighted by molar-refractivity contribution is 6.33. The molecule has 7 heteroatoms. The van der Waals surface area contributed by atoms with E-state index in [1.807, 2.05) is 18.7 Å². The molecule has 0 bridgehead atoms. The molecule has 0 saturated carbocycles. The van der Waals surface area contributed by atoms with Gasteiger partial charge in [-0.3, -0.25) is 9.48 Å². The van der Waals surface area contributed by atoms with Crippen molar-refractivity contribution in [3.63, 3.8) is 0 Å². The zero-order chi connectivity index (χ0) is 15.1. The second kappa shape index (κ2) is 5.18. The summed E-state index contributed by atoms with van der Waals surface area (Å²) < 4.78 is 1.90. The molecule has 0 spiro atoms. The molecule has 1 aliphatic heterocycles. The van der Waals surface area contributed by atoms with E-state index in [0.29, 0.717) is 5.69 Å². The standard InChI is InChI=1S/C14H18ClN5O/c1-8-12(9(2)19(3)18-8)10-5-4-6-20(10)11-7-16-17-14(21)13(11)15/h7,10H,4-6H2,1-3H3,(H,17,21). The van der Waals surface area contributed by atoms with Crippen molar-refractivity contribution in [1.29, 1.82) is 0 Å². The van der Waals surface area contributed by atoms with Crippen LogP contribution in [0.2, 0.25) is 5.02 Å². The summed E-state index contributed by atoms with van der Waals surface area (Å²) in [5.41, 5.74) is 3.76. The molecular formula is C14H18ClN5O. The predicted octanol–water partition coefficient (Wildman–Crippen LogP) is 2.12. The molecule has 3 rings (SSSR count). The molecule has 6 nitrogen and oxygen atoms in total. The number of aryl methyl sites for hydroxylation is 2. The van der Waals surface area contributed by atoms with Crippen LogP contribution in [0, 0.1) is 13.8 Å². The maximum atomic E-state index is 11.7. The lowest BCUT2D eigenvalue weighted by Gasteiger charge is -2.27. The molecule has 2 aromatic rings. The fourth-order valence-corrected chi connectivity index (χ4v) is 3.40. The highest BCUT2D eigenvalue weighted by Gasteiger charge is 2.32. The van der Waals surface area contributed by atoms with E-state index in [-0.39, 0.29) is 16.6 Å². The topological polar surface area (TPSA) is 66.8 Å². The highest BCUT2D eigenvalue weighted by atomic mass is 35.5. The number of anilines is 1. The first-order chi connectivity index (χ1) is 10.0. The van der Waals surface area contributed by atoms with Gasteiger partial charge in [-0.1, -0.05) is 11.6 Å². The van der Waals surface area contributed by atoms with Crippen LogP contribution in [-0.2, 0) is 7.05 Å². The first-order valence-electron chi connectivity index (χ1n) is 7.00. The van der Waals surface area contributed by atoms with E-state index in [1.54, 1.807) is 6.20 Å². The van der Waals surface area contributed by atoms with Gasteiger partial charge in [-0.25, -0.2) is 5.10 Å². The lowest BCUT2D eigenvalue weighted by atomic mass is 10.0. The highest BCUT2D eigenvalue weighted by Crippen LogP contribution is 2.39. The van der Waals surface area contributed by atoms with Crippen molar-refractivity contribution in [2.75, 3.05) is 11.4 Å². The average molecular weight is 308 g/mol. The molecule has 1 aliphatic rings. The maximum Gasteiger partial charge on any atom is 0.285 e. The van der Waals surface area contributed by atoms with Crippen molar-refractivity contribution < 1.29 is 0 Å². The van der Waals surface area contributed by atoms with Crippen LogP contribution in [0.25, 0.3) is 0 Å². The predicted molar refractivity (Wildman–Crippen MR) is 81.9 cm³/mol. The summed E-state index contributed by atoms with van der Waals surface area (Å²) in [6, 6.07) is 0.194. The van der Waals surface area contributed by atoms with Gasteiger partial charge in [0.05, 0.1) is 23.6 Å². The van der Waals surface area contributed by atoms with E-state index < -0.39 is 0 Å². The van der Waals surface area contributed by atoms with Gasteiger partial charge in [-0.15, -0.1) is 0 Å². The monoisotopic (exact) mass is 307 g/mol. The second-order valence-corrected chi connectivity index (χ2v) is 5.84. The van der Waals surface area contributed by atoms with E-state index in [0.717, 1.165) is 30.8 Å². The van der Waals surface area contributed by atoms with Crippen molar-refractivity contribution in [3.8, 4) is 0 Å². The Bertz CT molecular complexity index is 735. The molecule has 0 amide bonds. The molecule has 3 heterocycles. The zero-order valence-corrected chi connectivity index (χ0v) is 13.1. The molecule has 2 aromatic heterocycles. The molecule has 112 valence electrons. The van der Waals surface area contributed by atoms with E-state index in [9.17, 15) is 4.79 Å². The van der Waals surface area contributed by atoms with Crippen molar-refractivity contribution in [1.82, 2.24) is 20.0 Å². The number of halogens is 1. The van der Waals surface area contributed by atoms with E-state index in [2.05, 4.69) is 27.1 Å². The first-order valence-corrected chi connectivity index (χ1v) is 7.38. The molecule has 1 saturated heterocycles. The number of hydrogen-bond donors (Lipinski definition) is 1. The van der Waals surface area contributed by atoms with E-state index in [1.165, 1.54) is 5.56 Å². The van der Waals surface area contributed by atoms with Gasteiger partial charge in [0.25, 0.3) is 5.56 Å². The van der Waals surface area contributed by atoms with E-state index in [4.69, 9.17) is 11.6 Å². The quantitative estimate of drug-likeness (QED) is 0.923. The molecule has 1 fully saturated rings. The summed E-state index contributed by atoms with van der Waals surface area (Å²) in [6.07, 6.45) is 3.71. The van der Waals surface area contributed by atoms with Crippen LogP contribution >= 0.6 is 11.6 Å². The minimum absolute atomic E-state index is 0.194. The van der Waals surface area contributed by atoms with Gasteiger partial charge in [-0.05, 0) is 26.7 Å². The molecule has 21 heavy (non-hydrogen) atoms. The van der Waals surface area contributed by atoms with Gasteiger partial charge in [0.1, 0.15) is 5.02 Å². The largest absolute Gasteiger partial charge is 0.362 e. The van der Waals surface area contributed by atoms with Crippen molar-refractivity contribution in [3.05, 3.63) is 38.5 Å². The van der Waals surface area contributed by atoms with Crippen LogP contribution in [0.5, 0.6) is 0 Å². The molecule has 1 unspecified atom stereocenters. The summed E-state index contributed by atoms with van der Waals surface area (Å²) in [6.45, 7) is 4.96. The normalized spacial score (nSPS) is 18.5. The van der Waals surface area contributed by atoms with Crippen LogP contribution in [0.15, 0.2) is 11.0 Å². The third-order valence-electron chi connectivity index (χ3n) is 4.24. The molecule has 0 aromatic carbocycles. The Hall–Kier alpha value is -1.82. The SMILES string of the molecule is Cc1nn(C)c(C)c1C1CCCN1c1cn[nH]c(=O)c1Cl. The summed E-state index contributed by atoms with van der Waals surface area (Å²) in [5.74, 6) is 0. The second-order valence-electron chi connectivity index (χ2n) is 5.46. The smallest absolute Gasteiger partial charge is 0.285 e. The Kier molecular flexibility index (Phi) is 3.49. The van der Waals surface area contributed by atoms with Gasteiger partial charge in [0.15, 0.2) is 0 Å². The molecule has 0 radical (unpaired) electrons. The Labute approximate surface area is 127 Å². The number of H-pyrrole nitrogens is 1. The van der Waals surface area contributed by atoms with Gasteiger partial charge in [-0.2, -0.15) is 10.2 Å². The van der Waals surface area contributed by atoms with Crippen molar-refractivity contribution >= 4 is 17.3 Å². The van der Waals surface area contributed by atoms with Crippen molar-refractivity contribution in [2.45, 2.75) is 32.7 Å². The summed E-state index contributed by atoms with van der Waals surface area (Å²) in [4.78, 5) is 13.9. The summed E-state index contributed by atoms with van der Waals surface area (Å²) in [5, 5.41) is 10.9. The van der Waals surface area contributed by atoms with Gasteiger partial charge < -0.3 is 4.90 Å². The number of nitrogens with zero attached hydrogens (tertiary/aromatic N) is 4. The zero-order valence-electron chi connectivity index (χ0n) is 12.4. The Balaban J connectivity index is 2.07. The van der Waals surface area contributed by atoms with Crippen LogP contribution in [0.1, 0.15) is 35.8 Å². The molecular weight excluding hydrogens is 290 g/mol. The van der Waals surface area contributed by atoms with E-state index >= 15 is 0 Å². The Morgan fingerprint density at radius 1 is 1.43 bits per heavy atom. The van der Waals surface area contributed by atoms with Crippen molar-refractivity contribution in [2.24, 2.45) is 7.05 Å². The van der Waals surface area contributed by atoms with Crippen LogP contribution < -0.4 is 10.5 Å². The third kappa shape index (κ3) is 2.23. The number of aromatic nitrogens is 4. The average Bonchev–Trinajstić information content (AvgIpc) is 2.99. The van der Waals surface area contributed by atoms with Crippen LogP contribution in [-0.4, -0.2) is 26.5 Å². The number of nitrogens with one attached hydrogen (secondary N) is 1. The number of aromatic amines is 1. The molecule has 0 aliphatic carbocycles. The van der Waals surface area contributed by atoms with Gasteiger partial charge in [0, 0.05) is 24.8 Å². The fraction of sp³-hybridized carbons (Fsp3) is 0.500. The Morgan fingerprint density at radius 3 is 2.86 bits per heavy atom. The minimum atomic E-state index is -0.348. The summed E-state index contributed by atoms with van der Waals surface area (Å²) in [7, 11) is 1.95. The number of hydrogen-bond acceptors (Lipinski definition) is 4. The van der Waals surface area contributed by atoms with Gasteiger partial charge in [0.2, 0.25) is 0 Å². The first kappa shape index (κ1) is 14.1. The fourth-order valence-electron chi connectivity index (χ4n) is 3.20. The lowest BCUT2D eigenvalue weighted by Crippen LogP contribution is -2.26. The number of rotatable bonds is 2. The molecule has 1 N–H and O–H groups in total. The summed E-state index contributed by atoms with van der Waals surface area (Å²) >= 11 is 6.16. The minimum Gasteiger partial charge on any atom is -0.362 e. The van der Waals surface area contributed by atoms with Crippen LogP contribution in [0.4, 0.5) is 5.69 Å². The third-order valence-corrected chi connectivity index (χ3v) is 4.60. The molecule has 1 atom stereocenters. The van der Waals surface area contributed by atoms with Gasteiger partial charge >= 0.3 is 0 Å². The Morgan fingerprint density at radius 2 is 2.19 bits per heavy atom. The maximum absolute atomic E-state index is 11.7.